The molecule has 2 aromatic carbocycles. The highest BCUT2D eigenvalue weighted by molar-refractivity contribution is 5.85. The molecule has 0 atom stereocenters. The fourth-order valence-electron chi connectivity index (χ4n) is 3.16. The van der Waals surface area contributed by atoms with E-state index in [1.807, 2.05) is 41.0 Å². The Morgan fingerprint density at radius 2 is 1.68 bits per heavy atom. The van der Waals surface area contributed by atoms with Gasteiger partial charge < -0.3 is 4.42 Å². The monoisotopic (exact) mass is 371 g/mol. The molecule has 0 bridgehead atoms. The van der Waals surface area contributed by atoms with Crippen LogP contribution in [0.2, 0.25) is 0 Å². The molecule has 0 radical (unpaired) electrons. The van der Waals surface area contributed by atoms with E-state index < -0.39 is 4.92 Å². The van der Waals surface area contributed by atoms with Gasteiger partial charge in [0.25, 0.3) is 5.69 Å². The zero-order valence-electron chi connectivity index (χ0n) is 14.5. The van der Waals surface area contributed by atoms with Crippen LogP contribution in [0.3, 0.4) is 0 Å². The summed E-state index contributed by atoms with van der Waals surface area (Å²) in [7, 11) is 0. The Balaban J connectivity index is 1.74. The Morgan fingerprint density at radius 1 is 0.929 bits per heavy atom. The van der Waals surface area contributed by atoms with E-state index in [4.69, 9.17) is 9.40 Å². The standard InChI is InChI=1S/C20H13N5O3/c26-25(27)14-9-7-13(8-10-14)19-23-18-20(24(19)12-15-4-3-11-28-15)22-17-6-2-1-5-16(17)21-18/h1-11H,12H2. The van der Waals surface area contributed by atoms with Crippen LogP contribution in [0.1, 0.15) is 5.76 Å². The molecule has 8 heteroatoms. The molecule has 3 heterocycles. The number of hydrogen-bond donors (Lipinski definition) is 0. The molecule has 5 aromatic rings. The molecule has 5 rings (SSSR count). The molecule has 0 aliphatic rings. The van der Waals surface area contributed by atoms with Crippen molar-refractivity contribution in [1.82, 2.24) is 19.5 Å². The SMILES string of the molecule is O=[N+]([O-])c1ccc(-c2nc3nc4ccccc4nc3n2Cc2ccco2)cc1. The summed E-state index contributed by atoms with van der Waals surface area (Å²) >= 11 is 0. The molecule has 3 aromatic heterocycles. The van der Waals surface area contributed by atoms with Crippen LogP contribution in [0.5, 0.6) is 0 Å². The Labute approximate surface area is 158 Å². The number of nitrogens with zero attached hydrogens (tertiary/aromatic N) is 5. The van der Waals surface area contributed by atoms with Crippen molar-refractivity contribution >= 4 is 28.0 Å². The first kappa shape index (κ1) is 16.1. The minimum Gasteiger partial charge on any atom is -0.467 e. The van der Waals surface area contributed by atoms with Crippen LogP contribution in [-0.4, -0.2) is 24.4 Å². The summed E-state index contributed by atoms with van der Waals surface area (Å²) in [6, 6.07) is 17.6. The van der Waals surface area contributed by atoms with E-state index >= 15 is 0 Å². The summed E-state index contributed by atoms with van der Waals surface area (Å²) in [4.78, 5) is 24.6. The van der Waals surface area contributed by atoms with Crippen LogP contribution >= 0.6 is 0 Å². The second-order valence-corrected chi connectivity index (χ2v) is 6.26. The molecule has 0 saturated carbocycles. The number of nitro benzene ring substituents is 1. The van der Waals surface area contributed by atoms with Gasteiger partial charge in [-0.2, -0.15) is 0 Å². The van der Waals surface area contributed by atoms with Gasteiger partial charge >= 0.3 is 0 Å². The Morgan fingerprint density at radius 3 is 2.36 bits per heavy atom. The minimum absolute atomic E-state index is 0.0273. The molecule has 28 heavy (non-hydrogen) atoms. The van der Waals surface area contributed by atoms with Crippen LogP contribution in [0.25, 0.3) is 33.7 Å². The summed E-state index contributed by atoms with van der Waals surface area (Å²) in [6.07, 6.45) is 1.61. The Kier molecular flexibility index (Phi) is 3.61. The van der Waals surface area contributed by atoms with Crippen molar-refractivity contribution in [3.63, 3.8) is 0 Å². The first-order valence-corrected chi connectivity index (χ1v) is 8.59. The number of non-ortho nitro benzene ring substituents is 1. The van der Waals surface area contributed by atoms with Crippen molar-refractivity contribution in [2.75, 3.05) is 0 Å². The quantitative estimate of drug-likeness (QED) is 0.347. The van der Waals surface area contributed by atoms with Crippen molar-refractivity contribution in [2.45, 2.75) is 6.54 Å². The lowest BCUT2D eigenvalue weighted by atomic mass is 10.2. The van der Waals surface area contributed by atoms with Gasteiger partial charge in [-0.1, -0.05) is 12.1 Å². The fourth-order valence-corrected chi connectivity index (χ4v) is 3.16. The van der Waals surface area contributed by atoms with Gasteiger partial charge in [-0.05, 0) is 36.4 Å². The molecule has 0 aliphatic carbocycles. The third-order valence-corrected chi connectivity index (χ3v) is 4.49. The van der Waals surface area contributed by atoms with E-state index in [0.29, 0.717) is 23.7 Å². The lowest BCUT2D eigenvalue weighted by Crippen LogP contribution is -2.03. The summed E-state index contributed by atoms with van der Waals surface area (Å²) in [5, 5.41) is 11.0. The van der Waals surface area contributed by atoms with Crippen molar-refractivity contribution in [3.05, 3.63) is 82.8 Å². The smallest absolute Gasteiger partial charge is 0.269 e. The molecule has 0 fully saturated rings. The van der Waals surface area contributed by atoms with Crippen LogP contribution in [0.15, 0.2) is 71.3 Å². The summed E-state index contributed by atoms with van der Waals surface area (Å²) in [6.45, 7) is 0.419. The Bertz CT molecular complexity index is 1310. The van der Waals surface area contributed by atoms with Gasteiger partial charge in [0.1, 0.15) is 11.6 Å². The van der Waals surface area contributed by atoms with Gasteiger partial charge in [0, 0.05) is 17.7 Å². The van der Waals surface area contributed by atoms with Crippen molar-refractivity contribution < 1.29 is 9.34 Å². The number of nitro groups is 1. The predicted molar refractivity (Wildman–Crippen MR) is 103 cm³/mol. The summed E-state index contributed by atoms with van der Waals surface area (Å²) in [5.41, 5.74) is 3.43. The fraction of sp³-hybridized carbons (Fsp3) is 0.0500. The van der Waals surface area contributed by atoms with Crippen molar-refractivity contribution in [2.24, 2.45) is 0 Å². The third kappa shape index (κ3) is 2.67. The number of rotatable bonds is 4. The molecule has 0 spiro atoms. The predicted octanol–water partition coefficient (Wildman–Crippen LogP) is 4.20. The molecule has 136 valence electrons. The lowest BCUT2D eigenvalue weighted by Gasteiger charge is -2.07. The topological polar surface area (TPSA) is 99.9 Å². The normalized spacial score (nSPS) is 11.3. The summed E-state index contributed by atoms with van der Waals surface area (Å²) in [5.74, 6) is 1.37. The zero-order chi connectivity index (χ0) is 19.1. The van der Waals surface area contributed by atoms with Crippen LogP contribution in [-0.2, 0) is 6.54 Å². The van der Waals surface area contributed by atoms with Gasteiger partial charge in [-0.3, -0.25) is 14.7 Å². The van der Waals surface area contributed by atoms with E-state index in [9.17, 15) is 10.1 Å². The second kappa shape index (κ2) is 6.27. The second-order valence-electron chi connectivity index (χ2n) is 6.26. The molecule has 0 unspecified atom stereocenters. The minimum atomic E-state index is -0.425. The van der Waals surface area contributed by atoms with E-state index in [-0.39, 0.29) is 5.69 Å². The molecular weight excluding hydrogens is 358 g/mol. The number of fused-ring (bicyclic) bond motifs is 2. The van der Waals surface area contributed by atoms with Crippen LogP contribution in [0.4, 0.5) is 5.69 Å². The van der Waals surface area contributed by atoms with Gasteiger partial charge in [-0.25, -0.2) is 15.0 Å². The molecule has 8 nitrogen and oxygen atoms in total. The first-order valence-electron chi connectivity index (χ1n) is 8.59. The number of hydrogen-bond acceptors (Lipinski definition) is 6. The molecule has 0 saturated heterocycles. The first-order chi connectivity index (χ1) is 13.7. The number of benzene rings is 2. The number of para-hydroxylation sites is 2. The average molecular weight is 371 g/mol. The van der Waals surface area contributed by atoms with Crippen molar-refractivity contribution in [3.8, 4) is 11.4 Å². The van der Waals surface area contributed by atoms with E-state index in [0.717, 1.165) is 22.4 Å². The van der Waals surface area contributed by atoms with Crippen LogP contribution < -0.4 is 0 Å². The number of aromatic nitrogens is 4. The van der Waals surface area contributed by atoms with Gasteiger partial charge in [-0.15, -0.1) is 0 Å². The highest BCUT2D eigenvalue weighted by atomic mass is 16.6. The van der Waals surface area contributed by atoms with Gasteiger partial charge in [0.05, 0.1) is 28.8 Å². The van der Waals surface area contributed by atoms with Gasteiger partial charge in [0.15, 0.2) is 11.3 Å². The largest absolute Gasteiger partial charge is 0.467 e. The van der Waals surface area contributed by atoms with E-state index in [1.54, 1.807) is 18.4 Å². The van der Waals surface area contributed by atoms with Crippen LogP contribution in [0, 0.1) is 10.1 Å². The highest BCUT2D eigenvalue weighted by Gasteiger charge is 2.18. The number of imidazole rings is 1. The highest BCUT2D eigenvalue weighted by Crippen LogP contribution is 2.27. The Hall–Kier alpha value is -4.07. The molecule has 0 amide bonds. The molecule has 0 aliphatic heterocycles. The molecule has 0 N–H and O–H groups in total. The molecular formula is C20H13N5O3. The zero-order valence-corrected chi connectivity index (χ0v) is 14.5. The summed E-state index contributed by atoms with van der Waals surface area (Å²) < 4.78 is 7.41. The third-order valence-electron chi connectivity index (χ3n) is 4.49. The van der Waals surface area contributed by atoms with Gasteiger partial charge in [0.2, 0.25) is 0 Å². The average Bonchev–Trinajstić information content (AvgIpc) is 3.35. The maximum absolute atomic E-state index is 11.0. The van der Waals surface area contributed by atoms with E-state index in [2.05, 4.69) is 9.97 Å². The lowest BCUT2D eigenvalue weighted by molar-refractivity contribution is -0.384. The number of furan rings is 1. The van der Waals surface area contributed by atoms with E-state index in [1.165, 1.54) is 12.1 Å². The maximum Gasteiger partial charge on any atom is 0.269 e. The van der Waals surface area contributed by atoms with Crippen molar-refractivity contribution in [1.29, 1.82) is 0 Å². The maximum atomic E-state index is 11.0.